The van der Waals surface area contributed by atoms with E-state index in [1.165, 1.54) is 6.42 Å². The van der Waals surface area contributed by atoms with Crippen molar-refractivity contribution >= 4 is 0 Å². The Hall–Kier alpha value is -0.120. The zero-order valence-electron chi connectivity index (χ0n) is 8.36. The van der Waals surface area contributed by atoms with Gasteiger partial charge in [0.1, 0.15) is 0 Å². The molecule has 0 amide bonds. The second-order valence-electron chi connectivity index (χ2n) is 2.80. The van der Waals surface area contributed by atoms with Crippen LogP contribution in [0.4, 0.5) is 0 Å². The van der Waals surface area contributed by atoms with E-state index in [-0.39, 0.29) is 0 Å². The predicted molar refractivity (Wildman–Crippen MR) is 52.5 cm³/mol. The summed E-state index contributed by atoms with van der Waals surface area (Å²) in [5, 5.41) is 6.64. The van der Waals surface area contributed by atoms with Gasteiger partial charge in [0.2, 0.25) is 0 Å². The Kier molecular flexibility index (Phi) is 10.8. The van der Waals surface area contributed by atoms with Gasteiger partial charge < -0.3 is 15.4 Å². The SMILES string of the molecule is CCNCCCNCCCOC. The Morgan fingerprint density at radius 2 is 1.67 bits per heavy atom. The second kappa shape index (κ2) is 10.9. The molecule has 0 rings (SSSR count). The molecule has 74 valence electrons. The van der Waals surface area contributed by atoms with Gasteiger partial charge in [-0.15, -0.1) is 0 Å². The van der Waals surface area contributed by atoms with E-state index in [9.17, 15) is 0 Å². The lowest BCUT2D eigenvalue weighted by molar-refractivity contribution is 0.194. The number of hydrogen-bond acceptors (Lipinski definition) is 3. The summed E-state index contributed by atoms with van der Waals surface area (Å²) in [5.74, 6) is 0. The molecule has 0 saturated carbocycles. The Balaban J connectivity index is 2.73. The van der Waals surface area contributed by atoms with Crippen LogP contribution in [-0.4, -0.2) is 39.9 Å². The van der Waals surface area contributed by atoms with Crippen molar-refractivity contribution in [1.29, 1.82) is 0 Å². The van der Waals surface area contributed by atoms with Crippen LogP contribution >= 0.6 is 0 Å². The highest BCUT2D eigenvalue weighted by Crippen LogP contribution is 1.78. The predicted octanol–water partition coefficient (Wildman–Crippen LogP) is 0.612. The van der Waals surface area contributed by atoms with Gasteiger partial charge in [-0.05, 0) is 39.0 Å². The molecule has 0 fully saturated rings. The topological polar surface area (TPSA) is 33.3 Å². The molecule has 0 aromatic carbocycles. The summed E-state index contributed by atoms with van der Waals surface area (Å²) >= 11 is 0. The minimum atomic E-state index is 0.861. The Labute approximate surface area is 75.9 Å². The molecule has 0 aliphatic rings. The van der Waals surface area contributed by atoms with Crippen LogP contribution in [0.5, 0.6) is 0 Å². The van der Waals surface area contributed by atoms with Crippen LogP contribution in [0.1, 0.15) is 19.8 Å². The quantitative estimate of drug-likeness (QED) is 0.503. The molecule has 0 aliphatic heterocycles. The van der Waals surface area contributed by atoms with Crippen molar-refractivity contribution in [2.24, 2.45) is 0 Å². The van der Waals surface area contributed by atoms with Crippen molar-refractivity contribution in [1.82, 2.24) is 10.6 Å². The van der Waals surface area contributed by atoms with E-state index in [2.05, 4.69) is 17.6 Å². The molecule has 0 aliphatic carbocycles. The van der Waals surface area contributed by atoms with Crippen LogP contribution in [0.25, 0.3) is 0 Å². The van der Waals surface area contributed by atoms with E-state index in [4.69, 9.17) is 4.74 Å². The summed E-state index contributed by atoms with van der Waals surface area (Å²) in [4.78, 5) is 0. The van der Waals surface area contributed by atoms with Crippen LogP contribution in [0.2, 0.25) is 0 Å². The first-order valence-corrected chi connectivity index (χ1v) is 4.82. The van der Waals surface area contributed by atoms with Crippen molar-refractivity contribution < 1.29 is 4.74 Å². The third-order valence-electron chi connectivity index (χ3n) is 1.66. The van der Waals surface area contributed by atoms with Crippen molar-refractivity contribution in [3.63, 3.8) is 0 Å². The van der Waals surface area contributed by atoms with Gasteiger partial charge in [-0.25, -0.2) is 0 Å². The van der Waals surface area contributed by atoms with E-state index in [0.29, 0.717) is 0 Å². The van der Waals surface area contributed by atoms with Gasteiger partial charge >= 0.3 is 0 Å². The lowest BCUT2D eigenvalue weighted by Gasteiger charge is -2.04. The average molecular weight is 174 g/mol. The first kappa shape index (κ1) is 11.9. The van der Waals surface area contributed by atoms with Gasteiger partial charge in [0.15, 0.2) is 0 Å². The third-order valence-corrected chi connectivity index (χ3v) is 1.66. The zero-order chi connectivity index (χ0) is 9.07. The van der Waals surface area contributed by atoms with Crippen LogP contribution in [0, 0.1) is 0 Å². The van der Waals surface area contributed by atoms with Gasteiger partial charge in [-0.2, -0.15) is 0 Å². The molecular weight excluding hydrogens is 152 g/mol. The first-order valence-electron chi connectivity index (χ1n) is 4.82. The number of ether oxygens (including phenoxy) is 1. The summed E-state index contributed by atoms with van der Waals surface area (Å²) in [6.07, 6.45) is 2.32. The Bertz CT molecular complexity index is 68.9. The highest BCUT2D eigenvalue weighted by molar-refractivity contribution is 4.50. The van der Waals surface area contributed by atoms with Crippen LogP contribution in [-0.2, 0) is 4.74 Å². The fourth-order valence-corrected chi connectivity index (χ4v) is 0.982. The van der Waals surface area contributed by atoms with Gasteiger partial charge in [0, 0.05) is 13.7 Å². The molecule has 3 nitrogen and oxygen atoms in total. The number of methoxy groups -OCH3 is 1. The molecule has 0 unspecified atom stereocenters. The third kappa shape index (κ3) is 9.88. The average Bonchev–Trinajstić information content (AvgIpc) is 2.10. The molecule has 0 atom stereocenters. The lowest BCUT2D eigenvalue weighted by atomic mass is 10.4. The standard InChI is InChI=1S/C9H22N2O/c1-3-10-6-4-7-11-8-5-9-12-2/h10-11H,3-9H2,1-2H3. The Morgan fingerprint density at radius 1 is 1.00 bits per heavy atom. The fraction of sp³-hybridized carbons (Fsp3) is 1.00. The van der Waals surface area contributed by atoms with Gasteiger partial charge in [-0.3, -0.25) is 0 Å². The fourth-order valence-electron chi connectivity index (χ4n) is 0.982. The van der Waals surface area contributed by atoms with Crippen molar-refractivity contribution in [3.8, 4) is 0 Å². The maximum absolute atomic E-state index is 4.93. The smallest absolute Gasteiger partial charge is 0.0474 e. The van der Waals surface area contributed by atoms with E-state index in [1.54, 1.807) is 7.11 Å². The first-order chi connectivity index (χ1) is 5.91. The van der Waals surface area contributed by atoms with E-state index in [0.717, 1.165) is 39.2 Å². The molecule has 0 aromatic rings. The second-order valence-corrected chi connectivity index (χ2v) is 2.80. The summed E-state index contributed by atoms with van der Waals surface area (Å²) in [5.41, 5.74) is 0. The molecule has 0 bridgehead atoms. The number of hydrogen-bond donors (Lipinski definition) is 2. The summed E-state index contributed by atoms with van der Waals surface area (Å²) < 4.78 is 4.93. The van der Waals surface area contributed by atoms with Gasteiger partial charge in [0.05, 0.1) is 0 Å². The molecule has 0 aromatic heterocycles. The van der Waals surface area contributed by atoms with Crippen LogP contribution in [0.15, 0.2) is 0 Å². The summed E-state index contributed by atoms with van der Waals surface area (Å²) in [6, 6.07) is 0. The molecule has 12 heavy (non-hydrogen) atoms. The van der Waals surface area contributed by atoms with Crippen molar-refractivity contribution in [3.05, 3.63) is 0 Å². The maximum Gasteiger partial charge on any atom is 0.0474 e. The molecule has 0 spiro atoms. The molecular formula is C9H22N2O. The lowest BCUT2D eigenvalue weighted by Crippen LogP contribution is -2.23. The molecule has 3 heteroatoms. The van der Waals surface area contributed by atoms with Gasteiger partial charge in [0.25, 0.3) is 0 Å². The van der Waals surface area contributed by atoms with E-state index < -0.39 is 0 Å². The number of nitrogens with one attached hydrogen (secondary N) is 2. The van der Waals surface area contributed by atoms with Gasteiger partial charge in [-0.1, -0.05) is 6.92 Å². The van der Waals surface area contributed by atoms with Crippen molar-refractivity contribution in [2.45, 2.75) is 19.8 Å². The van der Waals surface area contributed by atoms with Crippen molar-refractivity contribution in [2.75, 3.05) is 39.9 Å². The van der Waals surface area contributed by atoms with Crippen LogP contribution < -0.4 is 10.6 Å². The Morgan fingerprint density at radius 3 is 2.33 bits per heavy atom. The summed E-state index contributed by atoms with van der Waals surface area (Å²) in [6.45, 7) is 7.36. The molecule has 0 radical (unpaired) electrons. The van der Waals surface area contributed by atoms with Crippen LogP contribution in [0.3, 0.4) is 0 Å². The molecule has 2 N–H and O–H groups in total. The normalized spacial score (nSPS) is 10.5. The van der Waals surface area contributed by atoms with E-state index in [1.807, 2.05) is 0 Å². The summed E-state index contributed by atoms with van der Waals surface area (Å²) in [7, 11) is 1.74. The zero-order valence-corrected chi connectivity index (χ0v) is 8.36. The maximum atomic E-state index is 4.93. The molecule has 0 saturated heterocycles. The monoisotopic (exact) mass is 174 g/mol. The minimum Gasteiger partial charge on any atom is -0.385 e. The minimum absolute atomic E-state index is 0.861. The van der Waals surface area contributed by atoms with E-state index >= 15 is 0 Å². The number of rotatable bonds is 9. The highest BCUT2D eigenvalue weighted by Gasteiger charge is 1.87. The molecule has 0 heterocycles. The largest absolute Gasteiger partial charge is 0.385 e. The highest BCUT2D eigenvalue weighted by atomic mass is 16.5.